The van der Waals surface area contributed by atoms with Gasteiger partial charge in [-0.2, -0.15) is 13.9 Å². The third kappa shape index (κ3) is 6.09. The molecule has 0 spiro atoms. The van der Waals surface area contributed by atoms with Crippen molar-refractivity contribution in [3.63, 3.8) is 0 Å². The van der Waals surface area contributed by atoms with Gasteiger partial charge in [-0.1, -0.05) is 23.7 Å². The van der Waals surface area contributed by atoms with Crippen LogP contribution in [0, 0.1) is 5.92 Å². The lowest BCUT2D eigenvalue weighted by atomic mass is 9.95. The second-order valence-corrected chi connectivity index (χ2v) is 8.59. The molecule has 0 bridgehead atoms. The highest BCUT2D eigenvalue weighted by atomic mass is 35.5. The molecule has 1 saturated heterocycles. The number of H-pyrrole nitrogens is 1. The van der Waals surface area contributed by atoms with Crippen LogP contribution in [-0.4, -0.2) is 58.7 Å². The van der Waals surface area contributed by atoms with Crippen LogP contribution in [0.15, 0.2) is 42.6 Å². The Bertz CT molecular complexity index is 1210. The van der Waals surface area contributed by atoms with E-state index in [1.807, 2.05) is 0 Å². The topological polar surface area (TPSA) is 109 Å². The predicted molar refractivity (Wildman–Crippen MR) is 127 cm³/mol. The summed E-state index contributed by atoms with van der Waals surface area (Å²) in [5.74, 6) is -0.111. The number of benzene rings is 1. The lowest BCUT2D eigenvalue weighted by Crippen LogP contribution is -2.43. The molecule has 36 heavy (non-hydrogen) atoms. The molecule has 12 heteroatoms. The molecule has 9 nitrogen and oxygen atoms in total. The fourth-order valence-corrected chi connectivity index (χ4v) is 4.13. The van der Waals surface area contributed by atoms with Crippen molar-refractivity contribution in [2.75, 3.05) is 20.2 Å². The minimum atomic E-state index is -2.88. The number of amides is 2. The van der Waals surface area contributed by atoms with Crippen LogP contribution in [0.2, 0.25) is 5.02 Å². The third-order valence-corrected chi connectivity index (χ3v) is 6.19. The number of aromatic nitrogens is 3. The van der Waals surface area contributed by atoms with E-state index < -0.39 is 6.61 Å². The lowest BCUT2D eigenvalue weighted by Gasteiger charge is -2.31. The minimum absolute atomic E-state index is 0.0603. The van der Waals surface area contributed by atoms with Gasteiger partial charge in [0.1, 0.15) is 11.4 Å². The van der Waals surface area contributed by atoms with E-state index in [0.717, 1.165) is 5.56 Å². The zero-order valence-electron chi connectivity index (χ0n) is 19.3. The molecule has 0 aliphatic carbocycles. The molecule has 1 aliphatic rings. The summed E-state index contributed by atoms with van der Waals surface area (Å²) in [5, 5.41) is 10.2. The molecule has 1 fully saturated rings. The highest BCUT2D eigenvalue weighted by Gasteiger charge is 2.28. The van der Waals surface area contributed by atoms with Crippen molar-refractivity contribution in [2.24, 2.45) is 5.92 Å². The lowest BCUT2D eigenvalue weighted by molar-refractivity contribution is -0.126. The first-order chi connectivity index (χ1) is 17.3. The molecular formula is C24H24ClF2N5O4. The largest absolute Gasteiger partial charge is 0.481 e. The average molecular weight is 520 g/mol. The van der Waals surface area contributed by atoms with Gasteiger partial charge in [0.2, 0.25) is 11.8 Å². The van der Waals surface area contributed by atoms with Gasteiger partial charge in [-0.15, -0.1) is 0 Å². The molecule has 0 saturated carbocycles. The molecule has 0 radical (unpaired) electrons. The molecule has 1 aliphatic heterocycles. The molecule has 2 amide bonds. The number of methoxy groups -OCH3 is 1. The van der Waals surface area contributed by atoms with Crippen LogP contribution in [0.1, 0.15) is 28.9 Å². The van der Waals surface area contributed by atoms with E-state index in [1.165, 1.54) is 25.4 Å². The summed E-state index contributed by atoms with van der Waals surface area (Å²) in [7, 11) is 1.50. The van der Waals surface area contributed by atoms with Crippen molar-refractivity contribution in [3.8, 4) is 22.9 Å². The van der Waals surface area contributed by atoms with Crippen molar-refractivity contribution in [2.45, 2.75) is 26.0 Å². The number of hydrogen-bond donors (Lipinski definition) is 2. The standard InChI is InChI=1S/C24H24ClF2N5O4/c1-35-21-10-17(18(25)13-28-21)19-11-20(31-30-19)23(34)32-8-6-15(7-9-32)22(33)29-12-14-2-4-16(5-3-14)36-24(26)27/h2-5,10-11,13,15,24H,6-9,12H2,1H3,(H,29,33)(H,30,31). The van der Waals surface area contributed by atoms with Crippen molar-refractivity contribution < 1.29 is 27.8 Å². The summed E-state index contributed by atoms with van der Waals surface area (Å²) in [4.78, 5) is 31.3. The van der Waals surface area contributed by atoms with Crippen molar-refractivity contribution >= 4 is 23.4 Å². The fraction of sp³-hybridized carbons (Fsp3) is 0.333. The maximum absolute atomic E-state index is 13.0. The minimum Gasteiger partial charge on any atom is -0.481 e. The first-order valence-electron chi connectivity index (χ1n) is 11.2. The first-order valence-corrected chi connectivity index (χ1v) is 11.6. The van der Waals surface area contributed by atoms with Gasteiger partial charge in [-0.3, -0.25) is 14.7 Å². The van der Waals surface area contributed by atoms with Gasteiger partial charge in [0, 0.05) is 37.2 Å². The number of carbonyl (C=O) groups excluding carboxylic acids is 2. The Balaban J connectivity index is 1.28. The number of likely N-dealkylation sites (tertiary alicyclic amines) is 1. The number of alkyl halides is 2. The van der Waals surface area contributed by atoms with Crippen molar-refractivity contribution in [3.05, 3.63) is 58.9 Å². The monoisotopic (exact) mass is 519 g/mol. The Hall–Kier alpha value is -3.73. The Labute approximate surface area is 210 Å². The zero-order valence-corrected chi connectivity index (χ0v) is 20.1. The number of pyridine rings is 1. The van der Waals surface area contributed by atoms with Gasteiger partial charge in [0.15, 0.2) is 0 Å². The zero-order chi connectivity index (χ0) is 25.7. The summed E-state index contributed by atoms with van der Waals surface area (Å²) < 4.78 is 33.9. The number of piperidine rings is 1. The van der Waals surface area contributed by atoms with E-state index in [1.54, 1.807) is 29.2 Å². The summed E-state index contributed by atoms with van der Waals surface area (Å²) in [5.41, 5.74) is 2.16. The van der Waals surface area contributed by atoms with Crippen LogP contribution in [0.4, 0.5) is 8.78 Å². The molecule has 4 rings (SSSR count). The van der Waals surface area contributed by atoms with Crippen molar-refractivity contribution in [1.29, 1.82) is 0 Å². The van der Waals surface area contributed by atoms with Gasteiger partial charge < -0.3 is 19.7 Å². The van der Waals surface area contributed by atoms with Gasteiger partial charge >= 0.3 is 6.61 Å². The second-order valence-electron chi connectivity index (χ2n) is 8.18. The molecule has 190 valence electrons. The summed E-state index contributed by atoms with van der Waals surface area (Å²) in [6.45, 7) is -1.76. The van der Waals surface area contributed by atoms with Crippen LogP contribution in [-0.2, 0) is 11.3 Å². The Morgan fingerprint density at radius 2 is 1.94 bits per heavy atom. The SMILES string of the molecule is COc1cc(-c2cc(C(=O)N3CCC(C(=O)NCc4ccc(OC(F)F)cc4)CC3)[nH]n2)c(Cl)cn1. The molecule has 3 heterocycles. The number of carbonyl (C=O) groups is 2. The van der Waals surface area contributed by atoms with Crippen LogP contribution in [0.25, 0.3) is 11.3 Å². The summed E-state index contributed by atoms with van der Waals surface area (Å²) >= 11 is 6.22. The Morgan fingerprint density at radius 1 is 1.22 bits per heavy atom. The molecule has 3 aromatic rings. The number of halogens is 3. The molecule has 2 N–H and O–H groups in total. The van der Waals surface area contributed by atoms with E-state index in [2.05, 4.69) is 25.2 Å². The second kappa shape index (κ2) is 11.3. The maximum Gasteiger partial charge on any atom is 0.387 e. The Morgan fingerprint density at radius 3 is 2.61 bits per heavy atom. The van der Waals surface area contributed by atoms with Gasteiger partial charge in [-0.05, 0) is 36.6 Å². The van der Waals surface area contributed by atoms with Gasteiger partial charge in [0.05, 0.1) is 24.0 Å². The summed E-state index contributed by atoms with van der Waals surface area (Å²) in [6.07, 6.45) is 2.50. The number of ether oxygens (including phenoxy) is 2. The number of aromatic amines is 1. The fourth-order valence-electron chi connectivity index (χ4n) is 3.93. The van der Waals surface area contributed by atoms with Gasteiger partial charge in [-0.25, -0.2) is 4.98 Å². The van der Waals surface area contributed by atoms with Crippen molar-refractivity contribution in [1.82, 2.24) is 25.4 Å². The number of nitrogens with zero attached hydrogens (tertiary/aromatic N) is 3. The first kappa shape index (κ1) is 25.4. The van der Waals surface area contributed by atoms with Crippen LogP contribution < -0.4 is 14.8 Å². The third-order valence-electron chi connectivity index (χ3n) is 5.89. The van der Waals surface area contributed by atoms with Crippen LogP contribution in [0.3, 0.4) is 0 Å². The predicted octanol–water partition coefficient (Wildman–Crippen LogP) is 3.90. The molecule has 1 aromatic carbocycles. The Kier molecular flexibility index (Phi) is 7.99. The highest BCUT2D eigenvalue weighted by molar-refractivity contribution is 6.33. The van der Waals surface area contributed by atoms with E-state index in [-0.39, 0.29) is 30.0 Å². The molecular weight excluding hydrogens is 496 g/mol. The van der Waals surface area contributed by atoms with E-state index >= 15 is 0 Å². The smallest absolute Gasteiger partial charge is 0.387 e. The van der Waals surface area contributed by atoms with E-state index in [9.17, 15) is 18.4 Å². The normalized spacial score (nSPS) is 14.1. The quantitative estimate of drug-likeness (QED) is 0.467. The maximum atomic E-state index is 13.0. The van der Waals surface area contributed by atoms with E-state index in [0.29, 0.717) is 53.8 Å². The number of nitrogens with one attached hydrogen (secondary N) is 2. The molecule has 2 aromatic heterocycles. The number of rotatable bonds is 8. The van der Waals surface area contributed by atoms with Gasteiger partial charge in [0.25, 0.3) is 5.91 Å². The summed E-state index contributed by atoms with van der Waals surface area (Å²) in [6, 6.07) is 9.36. The number of hydrogen-bond acceptors (Lipinski definition) is 6. The molecule has 0 atom stereocenters. The molecule has 0 unspecified atom stereocenters. The highest BCUT2D eigenvalue weighted by Crippen LogP contribution is 2.29. The van der Waals surface area contributed by atoms with Crippen LogP contribution >= 0.6 is 11.6 Å². The van der Waals surface area contributed by atoms with E-state index in [4.69, 9.17) is 16.3 Å². The average Bonchev–Trinajstić information content (AvgIpc) is 3.38. The van der Waals surface area contributed by atoms with Crippen LogP contribution in [0.5, 0.6) is 11.6 Å².